The maximum absolute atomic E-state index is 5.80. The topological polar surface area (TPSA) is 55.3 Å². The zero-order valence-corrected chi connectivity index (χ0v) is 9.46. The molecule has 1 fully saturated rings. The van der Waals surface area contributed by atoms with E-state index in [1.165, 1.54) is 12.1 Å². The van der Waals surface area contributed by atoms with Gasteiger partial charge >= 0.3 is 0 Å². The largest absolute Gasteiger partial charge is 0.397 e. The number of nitrogens with two attached hydrogens (primary N) is 2. The highest BCUT2D eigenvalue weighted by molar-refractivity contribution is 5.70. The molecule has 0 aromatic heterocycles. The summed E-state index contributed by atoms with van der Waals surface area (Å²) in [5.74, 6) is 0. The molecular weight excluding hydrogens is 186 g/mol. The summed E-state index contributed by atoms with van der Waals surface area (Å²) < 4.78 is 0. The summed E-state index contributed by atoms with van der Waals surface area (Å²) in [5.41, 5.74) is 14.4. The Morgan fingerprint density at radius 2 is 1.93 bits per heavy atom. The van der Waals surface area contributed by atoms with E-state index >= 15 is 0 Å². The Balaban J connectivity index is 2.21. The van der Waals surface area contributed by atoms with Crippen LogP contribution in [0.25, 0.3) is 0 Å². The van der Waals surface area contributed by atoms with Crippen LogP contribution in [-0.4, -0.2) is 13.1 Å². The van der Waals surface area contributed by atoms with Crippen molar-refractivity contribution < 1.29 is 0 Å². The van der Waals surface area contributed by atoms with E-state index in [1.54, 1.807) is 0 Å². The number of hydrogen-bond donors (Lipinski definition) is 2. The summed E-state index contributed by atoms with van der Waals surface area (Å²) >= 11 is 0. The van der Waals surface area contributed by atoms with Gasteiger partial charge in [0.2, 0.25) is 0 Å². The molecule has 1 heterocycles. The van der Waals surface area contributed by atoms with Crippen LogP contribution < -0.4 is 16.4 Å². The monoisotopic (exact) mass is 205 g/mol. The normalized spacial score (nSPS) is 19.5. The van der Waals surface area contributed by atoms with Crippen LogP contribution in [0, 0.1) is 5.41 Å². The molecule has 3 heteroatoms. The molecule has 0 spiro atoms. The third-order valence-corrected chi connectivity index (χ3v) is 3.11. The lowest BCUT2D eigenvalue weighted by atomic mass is 9.93. The minimum Gasteiger partial charge on any atom is -0.397 e. The maximum Gasteiger partial charge on any atom is 0.0568 e. The lowest BCUT2D eigenvalue weighted by Gasteiger charge is -2.22. The molecule has 1 aromatic carbocycles. The van der Waals surface area contributed by atoms with Gasteiger partial charge in [-0.1, -0.05) is 13.8 Å². The van der Waals surface area contributed by atoms with Gasteiger partial charge in [0.05, 0.1) is 11.4 Å². The molecule has 0 atom stereocenters. The Hall–Kier alpha value is -1.38. The molecule has 2 rings (SSSR count). The molecule has 0 radical (unpaired) electrons. The Morgan fingerprint density at radius 1 is 1.20 bits per heavy atom. The molecule has 0 bridgehead atoms. The van der Waals surface area contributed by atoms with Gasteiger partial charge < -0.3 is 16.4 Å². The molecule has 1 saturated heterocycles. The SMILES string of the molecule is CC1(C)CCN(c2ccc(N)c(N)c2)C1. The number of hydrogen-bond acceptors (Lipinski definition) is 3. The Labute approximate surface area is 91.1 Å². The molecule has 15 heavy (non-hydrogen) atoms. The van der Waals surface area contributed by atoms with Crippen molar-refractivity contribution in [3.05, 3.63) is 18.2 Å². The average molecular weight is 205 g/mol. The summed E-state index contributed by atoms with van der Waals surface area (Å²) in [6.45, 7) is 6.80. The van der Waals surface area contributed by atoms with Crippen LogP contribution in [0.3, 0.4) is 0 Å². The van der Waals surface area contributed by atoms with Gasteiger partial charge in [-0.15, -0.1) is 0 Å². The lowest BCUT2D eigenvalue weighted by Crippen LogP contribution is -2.22. The molecule has 3 nitrogen and oxygen atoms in total. The summed E-state index contributed by atoms with van der Waals surface area (Å²) in [6, 6.07) is 5.90. The van der Waals surface area contributed by atoms with Gasteiger partial charge in [-0.2, -0.15) is 0 Å². The van der Waals surface area contributed by atoms with E-state index in [4.69, 9.17) is 11.5 Å². The van der Waals surface area contributed by atoms with Gasteiger partial charge in [0.1, 0.15) is 0 Å². The number of nitrogen functional groups attached to an aromatic ring is 2. The smallest absolute Gasteiger partial charge is 0.0568 e. The first-order valence-corrected chi connectivity index (χ1v) is 5.38. The fourth-order valence-electron chi connectivity index (χ4n) is 2.09. The number of rotatable bonds is 1. The number of anilines is 3. The van der Waals surface area contributed by atoms with Gasteiger partial charge in [0.25, 0.3) is 0 Å². The first kappa shape index (κ1) is 10.1. The third kappa shape index (κ3) is 2.01. The highest BCUT2D eigenvalue weighted by atomic mass is 15.2. The second-order valence-electron chi connectivity index (χ2n) is 5.15. The van der Waals surface area contributed by atoms with Crippen LogP contribution in [0.2, 0.25) is 0 Å². The lowest BCUT2D eigenvalue weighted by molar-refractivity contribution is 0.418. The van der Waals surface area contributed by atoms with Crippen LogP contribution >= 0.6 is 0 Å². The average Bonchev–Trinajstić information content (AvgIpc) is 2.51. The van der Waals surface area contributed by atoms with Crippen molar-refractivity contribution in [2.75, 3.05) is 29.5 Å². The van der Waals surface area contributed by atoms with E-state index in [0.717, 1.165) is 13.1 Å². The Bertz CT molecular complexity index is 371. The third-order valence-electron chi connectivity index (χ3n) is 3.11. The second-order valence-corrected chi connectivity index (χ2v) is 5.15. The summed E-state index contributed by atoms with van der Waals surface area (Å²) in [4.78, 5) is 2.37. The quantitative estimate of drug-likeness (QED) is 0.690. The predicted molar refractivity (Wildman–Crippen MR) is 65.9 cm³/mol. The van der Waals surface area contributed by atoms with Crippen molar-refractivity contribution in [1.29, 1.82) is 0 Å². The van der Waals surface area contributed by atoms with Gasteiger partial charge in [0, 0.05) is 18.8 Å². The van der Waals surface area contributed by atoms with Crippen molar-refractivity contribution in [2.45, 2.75) is 20.3 Å². The molecule has 0 unspecified atom stereocenters. The molecular formula is C12H19N3. The first-order valence-electron chi connectivity index (χ1n) is 5.38. The Kier molecular flexibility index (Phi) is 2.25. The highest BCUT2D eigenvalue weighted by Gasteiger charge is 2.29. The molecule has 1 aromatic rings. The number of nitrogens with zero attached hydrogens (tertiary/aromatic N) is 1. The van der Waals surface area contributed by atoms with E-state index in [-0.39, 0.29) is 0 Å². The van der Waals surface area contributed by atoms with Crippen molar-refractivity contribution in [1.82, 2.24) is 0 Å². The zero-order chi connectivity index (χ0) is 11.1. The fraction of sp³-hybridized carbons (Fsp3) is 0.500. The molecule has 1 aliphatic heterocycles. The van der Waals surface area contributed by atoms with Crippen molar-refractivity contribution >= 4 is 17.1 Å². The van der Waals surface area contributed by atoms with Gasteiger partial charge in [-0.25, -0.2) is 0 Å². The van der Waals surface area contributed by atoms with E-state index in [2.05, 4.69) is 18.7 Å². The summed E-state index contributed by atoms with van der Waals surface area (Å²) in [6.07, 6.45) is 1.23. The number of benzene rings is 1. The predicted octanol–water partition coefficient (Wildman–Crippen LogP) is 2.09. The standard InChI is InChI=1S/C12H19N3/c1-12(2)5-6-15(8-12)9-3-4-10(13)11(14)7-9/h3-4,7H,5-6,8,13-14H2,1-2H3. The van der Waals surface area contributed by atoms with Crippen LogP contribution in [0.5, 0.6) is 0 Å². The van der Waals surface area contributed by atoms with E-state index < -0.39 is 0 Å². The Morgan fingerprint density at radius 3 is 2.47 bits per heavy atom. The van der Waals surface area contributed by atoms with Crippen LogP contribution in [0.1, 0.15) is 20.3 Å². The first-order chi connectivity index (χ1) is 6.98. The molecule has 4 N–H and O–H groups in total. The van der Waals surface area contributed by atoms with Crippen molar-refractivity contribution in [3.8, 4) is 0 Å². The highest BCUT2D eigenvalue weighted by Crippen LogP contribution is 2.33. The fourth-order valence-corrected chi connectivity index (χ4v) is 2.09. The summed E-state index contributed by atoms with van der Waals surface area (Å²) in [5, 5.41) is 0. The van der Waals surface area contributed by atoms with Crippen LogP contribution in [0.15, 0.2) is 18.2 Å². The van der Waals surface area contributed by atoms with Gasteiger partial charge in [0.15, 0.2) is 0 Å². The minimum atomic E-state index is 0.413. The second kappa shape index (κ2) is 3.33. The van der Waals surface area contributed by atoms with E-state index in [0.29, 0.717) is 16.8 Å². The molecule has 0 amide bonds. The molecule has 0 aliphatic carbocycles. The zero-order valence-electron chi connectivity index (χ0n) is 9.46. The van der Waals surface area contributed by atoms with Gasteiger partial charge in [-0.05, 0) is 30.0 Å². The molecule has 1 aliphatic rings. The minimum absolute atomic E-state index is 0.413. The van der Waals surface area contributed by atoms with E-state index in [1.807, 2.05) is 18.2 Å². The summed E-state index contributed by atoms with van der Waals surface area (Å²) in [7, 11) is 0. The maximum atomic E-state index is 5.80. The van der Waals surface area contributed by atoms with Crippen molar-refractivity contribution in [2.24, 2.45) is 5.41 Å². The van der Waals surface area contributed by atoms with Crippen LogP contribution in [0.4, 0.5) is 17.1 Å². The van der Waals surface area contributed by atoms with Gasteiger partial charge in [-0.3, -0.25) is 0 Å². The molecule has 82 valence electrons. The van der Waals surface area contributed by atoms with Crippen LogP contribution in [-0.2, 0) is 0 Å². The van der Waals surface area contributed by atoms with Crippen molar-refractivity contribution in [3.63, 3.8) is 0 Å². The molecule has 0 saturated carbocycles. The van der Waals surface area contributed by atoms with E-state index in [9.17, 15) is 0 Å².